The Morgan fingerprint density at radius 2 is 0.620 bits per heavy atom. The molecule has 2 saturated heterocycles. The molecule has 0 radical (unpaired) electrons. The third kappa shape index (κ3) is 47.0. The highest BCUT2D eigenvalue weighted by atomic mass is 31.2. The van der Waals surface area contributed by atoms with Crippen molar-refractivity contribution in [1.82, 2.24) is 0 Å². The minimum atomic E-state index is -4.86. The number of aliphatic hydroxyl groups excluding tert-OH is 6. The summed E-state index contributed by atoms with van der Waals surface area (Å²) in [4.78, 5) is 21.9. The minimum absolute atomic E-state index is 0.129. The molecule has 0 amide bonds. The van der Waals surface area contributed by atoms with Crippen LogP contribution in [0.5, 0.6) is 0 Å². The molecular weight excluding hydrogens is 1380 g/mol. The number of carboxylic acids is 1. The molecule has 2 unspecified atom stereocenters. The van der Waals surface area contributed by atoms with Crippen molar-refractivity contribution in [3.05, 3.63) is 175 Å². The van der Waals surface area contributed by atoms with Crippen LogP contribution in [0.15, 0.2) is 175 Å². The standard InChI is InChI=1S/C92H151O15P/c1-66(2)33-18-34-67(3)35-19-36-68(4)37-20-38-69(5)39-21-40-70(6)41-22-42-71(7)43-23-44-72(8)45-24-46-73(9)47-25-48-74(10)49-26-50-75(11)51-27-52-76(12)53-28-54-77(13)55-29-56-78(14)57-30-58-79(15)59-31-60-80(16)61-32-62-81(17)63-64-103-108(101,102)107-92-87(98)85(96)88(82(65-93)104-92)105-91-86(97)83(94)84(95)89(106-91)90(99)100/h33,35,37,39,41,43,45,47,49,51,53,55,57,59,61,81-89,91-98H,18-32,34,36,38,40,42,44,46,48,50,52,54,56,58,60,62-65H2,1-17H3,(H,99,100)(H,101,102)/b67-35+,68-37+,69-39-,70-41-,71-43-,72-45-,73-47-,74-49-,75-51-,76-53-,77-55-,78-57-,79-59-,80-61-/t81?,82-,83+,84+,85-,86-,87-,88-,89+,91-,92+/m1/s1. The maximum Gasteiger partial charge on any atom is 0.474 e. The fourth-order valence-electron chi connectivity index (χ4n) is 13.0. The van der Waals surface area contributed by atoms with Gasteiger partial charge < -0.3 is 54.8 Å². The highest BCUT2D eigenvalue weighted by molar-refractivity contribution is 7.47. The van der Waals surface area contributed by atoms with E-state index < -0.39 is 81.8 Å². The summed E-state index contributed by atoms with van der Waals surface area (Å²) in [5, 5.41) is 71.2. The first-order valence-electron chi connectivity index (χ1n) is 40.9. The molecule has 0 bridgehead atoms. The summed E-state index contributed by atoms with van der Waals surface area (Å²) < 4.78 is 38.9. The molecule has 0 aromatic heterocycles. The number of ether oxygens (including phenoxy) is 3. The van der Waals surface area contributed by atoms with Crippen molar-refractivity contribution in [1.29, 1.82) is 0 Å². The van der Waals surface area contributed by atoms with Crippen LogP contribution < -0.4 is 0 Å². The van der Waals surface area contributed by atoms with Gasteiger partial charge in [-0.1, -0.05) is 182 Å². The van der Waals surface area contributed by atoms with E-state index in [1.807, 2.05) is 6.92 Å². The van der Waals surface area contributed by atoms with Gasteiger partial charge in [0.05, 0.1) is 13.2 Å². The number of carbonyl (C=O) groups is 1. The number of phosphoric ester groups is 1. The number of allylic oxidation sites excluding steroid dienone is 30. The van der Waals surface area contributed by atoms with E-state index in [4.69, 9.17) is 23.3 Å². The quantitative estimate of drug-likeness (QED) is 0.0209. The lowest BCUT2D eigenvalue weighted by atomic mass is 9.97. The predicted molar refractivity (Wildman–Crippen MR) is 448 cm³/mol. The maximum atomic E-state index is 12.9. The van der Waals surface area contributed by atoms with Crippen LogP contribution in [-0.4, -0.2) is 121 Å². The Bertz CT molecular complexity index is 3150. The van der Waals surface area contributed by atoms with Crippen molar-refractivity contribution in [2.45, 2.75) is 378 Å². The van der Waals surface area contributed by atoms with E-state index in [0.29, 0.717) is 6.42 Å². The second-order valence-electron chi connectivity index (χ2n) is 32.0. The molecule has 0 aliphatic carbocycles. The molecule has 2 aliphatic heterocycles. The van der Waals surface area contributed by atoms with E-state index in [1.54, 1.807) is 0 Å². The zero-order chi connectivity index (χ0) is 80.6. The third-order valence-corrected chi connectivity index (χ3v) is 21.7. The van der Waals surface area contributed by atoms with Crippen molar-refractivity contribution in [3.8, 4) is 0 Å². The Kier molecular flexibility index (Phi) is 52.8. The Balaban J connectivity index is 1.56. The number of rotatable bonds is 55. The van der Waals surface area contributed by atoms with Crippen molar-refractivity contribution in [2.75, 3.05) is 13.2 Å². The molecule has 2 heterocycles. The Morgan fingerprint density at radius 3 is 0.880 bits per heavy atom. The number of aliphatic carboxylic acids is 1. The highest BCUT2D eigenvalue weighted by Crippen LogP contribution is 2.47. The average molecular weight is 1530 g/mol. The van der Waals surface area contributed by atoms with Gasteiger partial charge in [-0.05, 0) is 316 Å². The van der Waals surface area contributed by atoms with E-state index in [-0.39, 0.29) is 12.5 Å². The van der Waals surface area contributed by atoms with E-state index in [9.17, 15) is 50.0 Å². The third-order valence-electron chi connectivity index (χ3n) is 20.7. The predicted octanol–water partition coefficient (Wildman–Crippen LogP) is 22.8. The molecule has 0 spiro atoms. The summed E-state index contributed by atoms with van der Waals surface area (Å²) in [5.74, 6) is -1.55. The lowest BCUT2D eigenvalue weighted by Crippen LogP contribution is -2.65. The van der Waals surface area contributed by atoms with Crippen molar-refractivity contribution in [3.63, 3.8) is 0 Å². The molecule has 16 heteroatoms. The molecule has 8 N–H and O–H groups in total. The number of carboxylic acid groups (broad SMARTS) is 1. The molecular formula is C92H151O15P. The average Bonchev–Trinajstić information content (AvgIpc) is 0.782. The van der Waals surface area contributed by atoms with Gasteiger partial charge in [0.25, 0.3) is 0 Å². The summed E-state index contributed by atoms with van der Waals surface area (Å²) in [5.41, 5.74) is 22.1. The van der Waals surface area contributed by atoms with Crippen LogP contribution in [0.2, 0.25) is 0 Å². The molecule has 0 aromatic carbocycles. The summed E-state index contributed by atoms with van der Waals surface area (Å²) >= 11 is 0. The molecule has 15 nitrogen and oxygen atoms in total. The number of phosphoric acid groups is 1. The molecule has 2 fully saturated rings. The van der Waals surface area contributed by atoms with Gasteiger partial charge in [0.15, 0.2) is 18.7 Å². The van der Waals surface area contributed by atoms with E-state index >= 15 is 0 Å². The molecule has 614 valence electrons. The zero-order valence-corrected chi connectivity index (χ0v) is 71.1. The van der Waals surface area contributed by atoms with Crippen LogP contribution in [0.4, 0.5) is 0 Å². The van der Waals surface area contributed by atoms with Crippen LogP contribution in [0, 0.1) is 5.92 Å². The van der Waals surface area contributed by atoms with Crippen molar-refractivity contribution in [2.24, 2.45) is 5.92 Å². The first-order chi connectivity index (χ1) is 51.2. The van der Waals surface area contributed by atoms with Crippen molar-refractivity contribution < 1.29 is 73.3 Å². The number of hydrogen-bond donors (Lipinski definition) is 8. The fraction of sp³-hybridized carbons (Fsp3) is 0.663. The monoisotopic (exact) mass is 1530 g/mol. The van der Waals surface area contributed by atoms with E-state index in [2.05, 4.69) is 202 Å². The van der Waals surface area contributed by atoms with Crippen LogP contribution in [-0.2, 0) is 32.6 Å². The van der Waals surface area contributed by atoms with Crippen LogP contribution in [0.3, 0.4) is 0 Å². The minimum Gasteiger partial charge on any atom is -0.479 e. The van der Waals surface area contributed by atoms with Gasteiger partial charge >= 0.3 is 13.8 Å². The SMILES string of the molecule is CC(C)=CCC/C(C)=C/CC/C(C)=C/CC/C(C)=C\CC/C(C)=C\CC/C(C)=C\CC/C(C)=C\CC/C(C)=C\CC/C(C)=C\CC/C(C)=C\CC/C(C)=C\CC/C(C)=C\CC/C(C)=C\CC/C(C)=C\CC/C(C)=C\CCC(C)CCOP(=O)(O)O[C@@H]1O[C@H](CO)[C@@H](O[C@@H]2O[C@H](C(=O)O)[C@@H](O)[C@H](O)[C@H]2O)[C@H](O)[C@H]1O. The summed E-state index contributed by atoms with van der Waals surface area (Å²) in [6.45, 7) is 37.1. The Hall–Kier alpha value is -4.68. The van der Waals surface area contributed by atoms with Gasteiger partial charge in [-0.25, -0.2) is 9.36 Å². The maximum absolute atomic E-state index is 12.9. The topological polar surface area (TPSA) is 242 Å². The lowest BCUT2D eigenvalue weighted by Gasteiger charge is -2.45. The fourth-order valence-corrected chi connectivity index (χ4v) is 13.9. The van der Waals surface area contributed by atoms with Crippen LogP contribution in [0.1, 0.15) is 317 Å². The Labute approximate surface area is 655 Å². The van der Waals surface area contributed by atoms with E-state index in [0.717, 1.165) is 180 Å². The molecule has 108 heavy (non-hydrogen) atoms. The van der Waals surface area contributed by atoms with Gasteiger partial charge in [-0.15, -0.1) is 0 Å². The normalized spacial score (nSPS) is 23.7. The van der Waals surface area contributed by atoms with Crippen LogP contribution >= 0.6 is 7.82 Å². The van der Waals surface area contributed by atoms with Gasteiger partial charge in [0.2, 0.25) is 0 Å². The van der Waals surface area contributed by atoms with Gasteiger partial charge in [0, 0.05) is 0 Å². The lowest BCUT2D eigenvalue weighted by molar-refractivity contribution is -0.349. The number of aliphatic hydroxyl groups is 6. The highest BCUT2D eigenvalue weighted by Gasteiger charge is 2.53. The summed E-state index contributed by atoms with van der Waals surface area (Å²) in [6, 6.07) is 0. The summed E-state index contributed by atoms with van der Waals surface area (Å²) in [6.07, 6.45) is 50.2. The second kappa shape index (κ2) is 57.4. The molecule has 2 aliphatic rings. The van der Waals surface area contributed by atoms with Gasteiger partial charge in [-0.2, -0.15) is 0 Å². The molecule has 0 aromatic rings. The van der Waals surface area contributed by atoms with E-state index in [1.165, 1.54) is 96.4 Å². The first-order valence-corrected chi connectivity index (χ1v) is 42.4. The molecule has 12 atom stereocenters. The number of hydrogen-bond acceptors (Lipinski definition) is 13. The smallest absolute Gasteiger partial charge is 0.474 e. The van der Waals surface area contributed by atoms with Crippen molar-refractivity contribution >= 4 is 13.8 Å². The summed E-state index contributed by atoms with van der Waals surface area (Å²) in [7, 11) is -4.86. The second-order valence-corrected chi connectivity index (χ2v) is 33.4. The zero-order valence-electron chi connectivity index (χ0n) is 70.2. The first kappa shape index (κ1) is 99.4. The Morgan fingerprint density at radius 1 is 0.361 bits per heavy atom. The molecule has 0 saturated carbocycles. The molecule has 2 rings (SSSR count). The van der Waals surface area contributed by atoms with Gasteiger partial charge in [-0.3, -0.25) is 9.05 Å². The van der Waals surface area contributed by atoms with Gasteiger partial charge in [0.1, 0.15) is 42.7 Å². The van der Waals surface area contributed by atoms with Crippen LogP contribution in [0.25, 0.3) is 0 Å². The largest absolute Gasteiger partial charge is 0.479 e.